The van der Waals surface area contributed by atoms with Crippen molar-refractivity contribution in [1.29, 1.82) is 0 Å². The first-order valence-electron chi connectivity index (χ1n) is 5.69. The lowest BCUT2D eigenvalue weighted by Crippen LogP contribution is -3.00. The van der Waals surface area contributed by atoms with Crippen molar-refractivity contribution >= 4 is 6.08 Å². The van der Waals surface area contributed by atoms with Crippen molar-refractivity contribution in [2.45, 2.75) is 12.5 Å². The first-order chi connectivity index (χ1) is 7.47. The van der Waals surface area contributed by atoms with E-state index in [1.807, 2.05) is 42.5 Å². The van der Waals surface area contributed by atoms with Gasteiger partial charge >= 0.3 is 0 Å². The molecule has 1 rings (SSSR count). The summed E-state index contributed by atoms with van der Waals surface area (Å²) in [6.45, 7) is 0.973. The van der Waals surface area contributed by atoms with Gasteiger partial charge in [-0.05, 0) is 5.56 Å². The maximum Gasteiger partial charge on any atom is 0.0808 e. The average molecular weight is 347 g/mol. The van der Waals surface area contributed by atoms with Crippen LogP contribution in [0, 0.1) is 0 Å². The van der Waals surface area contributed by atoms with Crippen molar-refractivity contribution in [2.75, 3.05) is 27.7 Å². The maximum atomic E-state index is 9.78. The number of rotatable bonds is 5. The second kappa shape index (κ2) is 7.84. The van der Waals surface area contributed by atoms with Crippen molar-refractivity contribution in [3.8, 4) is 0 Å². The molecule has 0 spiro atoms. The van der Waals surface area contributed by atoms with Gasteiger partial charge in [0.05, 0.1) is 33.8 Å². The number of halogens is 1. The Hall–Kier alpha value is -0.390. The van der Waals surface area contributed by atoms with E-state index < -0.39 is 0 Å². The Morgan fingerprint density at radius 3 is 2.29 bits per heavy atom. The second-order valence-electron chi connectivity index (χ2n) is 5.14. The van der Waals surface area contributed by atoms with Gasteiger partial charge in [-0.2, -0.15) is 0 Å². The zero-order valence-electron chi connectivity index (χ0n) is 10.8. The quantitative estimate of drug-likeness (QED) is 0.544. The summed E-state index contributed by atoms with van der Waals surface area (Å²) in [6, 6.07) is 10.0. The highest BCUT2D eigenvalue weighted by Gasteiger charge is 2.09. The molecule has 0 heterocycles. The number of aliphatic hydroxyl groups excluding tert-OH is 1. The van der Waals surface area contributed by atoms with Crippen molar-refractivity contribution in [3.63, 3.8) is 0 Å². The summed E-state index contributed by atoms with van der Waals surface area (Å²) in [5, 5.41) is 9.78. The van der Waals surface area contributed by atoms with Crippen LogP contribution in [0.5, 0.6) is 0 Å². The van der Waals surface area contributed by atoms with Crippen LogP contribution < -0.4 is 24.0 Å². The molecule has 1 unspecified atom stereocenters. The third-order valence-corrected chi connectivity index (χ3v) is 2.41. The van der Waals surface area contributed by atoms with Crippen LogP contribution in [0.25, 0.3) is 6.08 Å². The van der Waals surface area contributed by atoms with Gasteiger partial charge in [0.25, 0.3) is 0 Å². The van der Waals surface area contributed by atoms with E-state index in [9.17, 15) is 5.11 Å². The van der Waals surface area contributed by atoms with Crippen LogP contribution in [0.3, 0.4) is 0 Å². The highest BCUT2D eigenvalue weighted by atomic mass is 127. The minimum absolute atomic E-state index is 0. The van der Waals surface area contributed by atoms with Crippen LogP contribution in [0.15, 0.2) is 36.4 Å². The molecule has 17 heavy (non-hydrogen) atoms. The molecule has 2 nitrogen and oxygen atoms in total. The second-order valence-corrected chi connectivity index (χ2v) is 5.14. The molecule has 1 aromatic rings. The Labute approximate surface area is 122 Å². The molecule has 0 aliphatic heterocycles. The molecular weight excluding hydrogens is 325 g/mol. The van der Waals surface area contributed by atoms with Gasteiger partial charge in [0.1, 0.15) is 0 Å². The highest BCUT2D eigenvalue weighted by molar-refractivity contribution is 5.49. The summed E-state index contributed by atoms with van der Waals surface area (Å²) in [4.78, 5) is 0. The predicted octanol–water partition coefficient (Wildman–Crippen LogP) is -0.839. The highest BCUT2D eigenvalue weighted by Crippen LogP contribution is 2.05. The first-order valence-corrected chi connectivity index (χ1v) is 5.69. The monoisotopic (exact) mass is 347 g/mol. The van der Waals surface area contributed by atoms with E-state index in [1.165, 1.54) is 0 Å². The first kappa shape index (κ1) is 16.6. The molecule has 0 bridgehead atoms. The lowest BCUT2D eigenvalue weighted by atomic mass is 10.1. The Balaban J connectivity index is 0.00000256. The fourth-order valence-electron chi connectivity index (χ4n) is 1.40. The van der Waals surface area contributed by atoms with E-state index in [1.54, 1.807) is 0 Å². The average Bonchev–Trinajstić information content (AvgIpc) is 2.24. The van der Waals surface area contributed by atoms with Crippen molar-refractivity contribution < 1.29 is 33.6 Å². The van der Waals surface area contributed by atoms with Crippen LogP contribution in [-0.2, 0) is 0 Å². The lowest BCUT2D eigenvalue weighted by Gasteiger charge is -2.24. The number of aliphatic hydroxyl groups is 1. The number of hydrogen-bond acceptors (Lipinski definition) is 1. The summed E-state index contributed by atoms with van der Waals surface area (Å²) in [5.74, 6) is 0. The van der Waals surface area contributed by atoms with Crippen molar-refractivity contribution in [1.82, 2.24) is 0 Å². The number of quaternary nitrogens is 1. The molecule has 3 heteroatoms. The summed E-state index contributed by atoms with van der Waals surface area (Å²) in [7, 11) is 6.40. The molecule has 0 radical (unpaired) electrons. The smallest absolute Gasteiger partial charge is 0.0808 e. The minimum atomic E-state index is -0.349. The largest absolute Gasteiger partial charge is 1.00 e. The van der Waals surface area contributed by atoms with Gasteiger partial charge in [-0.15, -0.1) is 0 Å². The zero-order valence-corrected chi connectivity index (χ0v) is 13.0. The van der Waals surface area contributed by atoms with E-state index in [0.29, 0.717) is 0 Å². The molecular formula is C14H22INO. The maximum absolute atomic E-state index is 9.78. The van der Waals surface area contributed by atoms with Gasteiger partial charge in [0.15, 0.2) is 0 Å². The lowest BCUT2D eigenvalue weighted by molar-refractivity contribution is -0.870. The van der Waals surface area contributed by atoms with E-state index in [-0.39, 0.29) is 30.1 Å². The van der Waals surface area contributed by atoms with E-state index >= 15 is 0 Å². The normalized spacial score (nSPS) is 13.4. The Morgan fingerprint density at radius 2 is 1.76 bits per heavy atom. The summed E-state index contributed by atoms with van der Waals surface area (Å²) >= 11 is 0. The molecule has 0 fully saturated rings. The minimum Gasteiger partial charge on any atom is -1.00 e. The molecule has 1 N–H and O–H groups in total. The summed E-state index contributed by atoms with van der Waals surface area (Å²) in [5.41, 5.74) is 1.13. The third-order valence-electron chi connectivity index (χ3n) is 2.41. The molecule has 1 aromatic carbocycles. The van der Waals surface area contributed by atoms with Crippen LogP contribution in [0.4, 0.5) is 0 Å². The van der Waals surface area contributed by atoms with Gasteiger partial charge in [0, 0.05) is 6.42 Å². The van der Waals surface area contributed by atoms with Crippen molar-refractivity contribution in [2.24, 2.45) is 0 Å². The van der Waals surface area contributed by atoms with Gasteiger partial charge < -0.3 is 33.6 Å². The standard InChI is InChI=1S/C14H22NO.HI/c1-15(2,3)12-11-14(16)10-9-13-7-5-4-6-8-13;/h4-10,14,16H,11-12H2,1-3H3;1H/q+1;/p-1/b10-9+;. The molecule has 0 aliphatic carbocycles. The molecule has 96 valence electrons. The van der Waals surface area contributed by atoms with Crippen LogP contribution in [-0.4, -0.2) is 43.4 Å². The molecule has 0 saturated heterocycles. The van der Waals surface area contributed by atoms with Crippen LogP contribution in [0.2, 0.25) is 0 Å². The number of hydrogen-bond donors (Lipinski definition) is 1. The zero-order chi connectivity index (χ0) is 12.0. The van der Waals surface area contributed by atoms with Crippen LogP contribution >= 0.6 is 0 Å². The Bertz CT molecular complexity index is 330. The fraction of sp³-hybridized carbons (Fsp3) is 0.429. The summed E-state index contributed by atoms with van der Waals surface area (Å²) in [6.07, 6.45) is 4.29. The molecule has 0 saturated carbocycles. The topological polar surface area (TPSA) is 20.2 Å². The number of nitrogens with zero attached hydrogens (tertiary/aromatic N) is 1. The number of benzene rings is 1. The Morgan fingerprint density at radius 1 is 1.18 bits per heavy atom. The molecule has 0 amide bonds. The molecule has 0 aliphatic rings. The molecule has 1 atom stereocenters. The fourth-order valence-corrected chi connectivity index (χ4v) is 1.40. The van der Waals surface area contributed by atoms with Gasteiger partial charge in [-0.25, -0.2) is 0 Å². The van der Waals surface area contributed by atoms with E-state index in [0.717, 1.165) is 23.0 Å². The van der Waals surface area contributed by atoms with Crippen molar-refractivity contribution in [3.05, 3.63) is 42.0 Å². The summed E-state index contributed by atoms with van der Waals surface area (Å²) < 4.78 is 0.885. The van der Waals surface area contributed by atoms with Gasteiger partial charge in [-0.1, -0.05) is 42.5 Å². The Kier molecular flexibility index (Phi) is 7.66. The SMILES string of the molecule is C[N+](C)(C)CCC(O)/C=C/c1ccccc1.[I-]. The van der Waals surface area contributed by atoms with Gasteiger partial charge in [0.2, 0.25) is 0 Å². The molecule has 0 aromatic heterocycles. The van der Waals surface area contributed by atoms with E-state index in [2.05, 4.69) is 21.1 Å². The van der Waals surface area contributed by atoms with E-state index in [4.69, 9.17) is 0 Å². The predicted molar refractivity (Wildman–Crippen MR) is 69.0 cm³/mol. The third kappa shape index (κ3) is 8.35. The van der Waals surface area contributed by atoms with Gasteiger partial charge in [-0.3, -0.25) is 0 Å². The van der Waals surface area contributed by atoms with Crippen LogP contribution in [0.1, 0.15) is 12.0 Å².